The first kappa shape index (κ1) is 14.3. The molecule has 1 fully saturated rings. The number of nitriles is 1. The van der Waals surface area contributed by atoms with Crippen LogP contribution in [-0.4, -0.2) is 21.1 Å². The van der Waals surface area contributed by atoms with Gasteiger partial charge in [-0.1, -0.05) is 15.9 Å². The van der Waals surface area contributed by atoms with Crippen LogP contribution in [0.2, 0.25) is 0 Å². The molecule has 0 atom stereocenters. The molecule has 0 heterocycles. The topological polar surface area (TPSA) is 79.2 Å². The molecule has 0 spiro atoms. The average molecular weight is 345 g/mol. The largest absolute Gasteiger partial charge is 0.497 e. The molecule has 0 unspecified atom stereocenters. The number of methoxy groups -OCH3 is 1. The third kappa shape index (κ3) is 3.47. The van der Waals surface area contributed by atoms with Crippen molar-refractivity contribution in [1.82, 2.24) is 4.72 Å². The summed E-state index contributed by atoms with van der Waals surface area (Å²) in [5.74, 6) is 0.406. The van der Waals surface area contributed by atoms with Crippen molar-refractivity contribution in [3.05, 3.63) is 28.2 Å². The van der Waals surface area contributed by atoms with E-state index in [0.29, 0.717) is 28.6 Å². The Hall–Kier alpha value is -1.10. The van der Waals surface area contributed by atoms with E-state index in [1.165, 1.54) is 7.11 Å². The first-order valence-corrected chi connectivity index (χ1v) is 8.10. The molecule has 2 rings (SSSR count). The van der Waals surface area contributed by atoms with Gasteiger partial charge in [-0.2, -0.15) is 9.98 Å². The lowest BCUT2D eigenvalue weighted by Crippen LogP contribution is -2.36. The van der Waals surface area contributed by atoms with Gasteiger partial charge in [-0.3, -0.25) is 0 Å². The van der Waals surface area contributed by atoms with Gasteiger partial charge in [0.05, 0.1) is 18.9 Å². The lowest BCUT2D eigenvalue weighted by Gasteiger charge is -2.12. The van der Waals surface area contributed by atoms with E-state index in [2.05, 4.69) is 20.7 Å². The van der Waals surface area contributed by atoms with Crippen LogP contribution in [0.3, 0.4) is 0 Å². The van der Waals surface area contributed by atoms with Crippen molar-refractivity contribution < 1.29 is 13.2 Å². The van der Waals surface area contributed by atoms with Crippen molar-refractivity contribution in [2.24, 2.45) is 0 Å². The molecule has 1 aliphatic rings. The van der Waals surface area contributed by atoms with Crippen molar-refractivity contribution in [2.75, 3.05) is 7.11 Å². The second-order valence-corrected chi connectivity index (χ2v) is 7.09. The van der Waals surface area contributed by atoms with Crippen LogP contribution in [0.15, 0.2) is 22.7 Å². The van der Waals surface area contributed by atoms with Crippen molar-refractivity contribution in [3.63, 3.8) is 0 Å². The molecular weight excluding hydrogens is 332 g/mol. The molecule has 1 aromatic carbocycles. The van der Waals surface area contributed by atoms with Crippen LogP contribution in [-0.2, 0) is 15.8 Å². The van der Waals surface area contributed by atoms with Crippen molar-refractivity contribution >= 4 is 26.0 Å². The van der Waals surface area contributed by atoms with Crippen LogP contribution < -0.4 is 9.46 Å². The van der Waals surface area contributed by atoms with E-state index < -0.39 is 15.6 Å². The van der Waals surface area contributed by atoms with Crippen LogP contribution in [0.25, 0.3) is 0 Å². The monoisotopic (exact) mass is 344 g/mol. The average Bonchev–Trinajstić information content (AvgIpc) is 3.11. The molecule has 1 aliphatic carbocycles. The number of nitrogens with zero attached hydrogens (tertiary/aromatic N) is 1. The molecule has 0 saturated heterocycles. The number of benzene rings is 1. The lowest BCUT2D eigenvalue weighted by atomic mass is 10.2. The molecule has 5 nitrogen and oxygen atoms in total. The Bertz CT molecular complexity index is 633. The number of ether oxygens (including phenoxy) is 1. The van der Waals surface area contributed by atoms with E-state index in [1.54, 1.807) is 18.2 Å². The van der Waals surface area contributed by atoms with Gasteiger partial charge in [0.15, 0.2) is 0 Å². The fourth-order valence-corrected chi connectivity index (χ4v) is 3.83. The molecule has 0 radical (unpaired) electrons. The Morgan fingerprint density at radius 3 is 2.74 bits per heavy atom. The lowest BCUT2D eigenvalue weighted by molar-refractivity contribution is 0.414. The van der Waals surface area contributed by atoms with Gasteiger partial charge in [-0.05, 0) is 36.6 Å². The number of sulfonamides is 1. The Morgan fingerprint density at radius 2 is 2.21 bits per heavy atom. The third-order valence-electron chi connectivity index (χ3n) is 2.91. The third-order valence-corrected chi connectivity index (χ3v) is 5.08. The van der Waals surface area contributed by atoms with Crippen LogP contribution in [0.4, 0.5) is 0 Å². The van der Waals surface area contributed by atoms with Gasteiger partial charge < -0.3 is 4.74 Å². The fourth-order valence-electron chi connectivity index (χ4n) is 1.69. The zero-order valence-corrected chi connectivity index (χ0v) is 12.7. The summed E-state index contributed by atoms with van der Waals surface area (Å²) in [6.45, 7) is 0. The molecule has 1 N–H and O–H groups in total. The summed E-state index contributed by atoms with van der Waals surface area (Å²) < 4.78 is 32.3. The summed E-state index contributed by atoms with van der Waals surface area (Å²) in [7, 11) is -2.02. The number of hydrogen-bond acceptors (Lipinski definition) is 4. The summed E-state index contributed by atoms with van der Waals surface area (Å²) >= 11 is 3.31. The van der Waals surface area contributed by atoms with Gasteiger partial charge in [0.25, 0.3) is 0 Å². The van der Waals surface area contributed by atoms with Gasteiger partial charge in [-0.25, -0.2) is 8.42 Å². The fraction of sp³-hybridized carbons (Fsp3) is 0.417. The molecule has 102 valence electrons. The van der Waals surface area contributed by atoms with Crippen LogP contribution in [0.5, 0.6) is 5.75 Å². The van der Waals surface area contributed by atoms with E-state index in [1.807, 2.05) is 6.07 Å². The van der Waals surface area contributed by atoms with Crippen LogP contribution >= 0.6 is 15.9 Å². The summed E-state index contributed by atoms with van der Waals surface area (Å²) in [6.07, 6.45) is 1.14. The van der Waals surface area contributed by atoms with Crippen molar-refractivity contribution in [2.45, 2.75) is 24.1 Å². The number of nitrogens with one attached hydrogen (secondary N) is 1. The number of hydrogen-bond donors (Lipinski definition) is 1. The first-order chi connectivity index (χ1) is 8.90. The van der Waals surface area contributed by atoms with E-state index in [-0.39, 0.29) is 5.75 Å². The standard InChI is InChI=1S/C12H13BrN2O3S/c1-18-10-2-3-11(13)9(6-10)7-19(16,17)15-12(8-14)4-5-12/h2-3,6,15H,4-5,7H2,1H3. The van der Waals surface area contributed by atoms with E-state index in [0.717, 1.165) is 0 Å². The zero-order valence-electron chi connectivity index (χ0n) is 10.3. The van der Waals surface area contributed by atoms with Gasteiger partial charge in [-0.15, -0.1) is 0 Å². The highest BCUT2D eigenvalue weighted by Crippen LogP contribution is 2.35. The predicted octanol–water partition coefficient (Wildman–Crippen LogP) is 1.93. The maximum absolute atomic E-state index is 12.0. The van der Waals surface area contributed by atoms with Crippen LogP contribution in [0, 0.1) is 11.3 Å². The summed E-state index contributed by atoms with van der Waals surface area (Å²) in [5.41, 5.74) is -0.287. The minimum absolute atomic E-state index is 0.186. The van der Waals surface area contributed by atoms with E-state index in [4.69, 9.17) is 10.00 Å². The molecule has 0 bridgehead atoms. The molecule has 0 amide bonds. The SMILES string of the molecule is COc1ccc(Br)c(CS(=O)(=O)NC2(C#N)CC2)c1. The minimum atomic E-state index is -3.55. The maximum Gasteiger partial charge on any atom is 0.217 e. The van der Waals surface area contributed by atoms with E-state index >= 15 is 0 Å². The molecule has 1 aromatic rings. The quantitative estimate of drug-likeness (QED) is 0.884. The van der Waals surface area contributed by atoms with E-state index in [9.17, 15) is 8.42 Å². The normalized spacial score (nSPS) is 16.7. The second-order valence-electron chi connectivity index (χ2n) is 4.51. The number of halogens is 1. The first-order valence-electron chi connectivity index (χ1n) is 5.65. The second kappa shape index (κ2) is 5.12. The van der Waals surface area contributed by atoms with Gasteiger partial charge in [0.2, 0.25) is 10.0 Å². The Morgan fingerprint density at radius 1 is 1.53 bits per heavy atom. The molecule has 7 heteroatoms. The molecule has 19 heavy (non-hydrogen) atoms. The van der Waals surface area contributed by atoms with Gasteiger partial charge in [0, 0.05) is 4.47 Å². The predicted molar refractivity (Wildman–Crippen MR) is 74.0 cm³/mol. The molecule has 0 aliphatic heterocycles. The highest BCUT2D eigenvalue weighted by atomic mass is 79.9. The summed E-state index contributed by atoms with van der Waals surface area (Å²) in [5, 5.41) is 8.92. The molecule has 0 aromatic heterocycles. The highest BCUT2D eigenvalue weighted by Gasteiger charge is 2.46. The Kier molecular flexibility index (Phi) is 3.85. The highest BCUT2D eigenvalue weighted by molar-refractivity contribution is 9.10. The number of rotatable bonds is 5. The summed E-state index contributed by atoms with van der Waals surface area (Å²) in [6, 6.07) is 7.15. The maximum atomic E-state index is 12.0. The molecular formula is C12H13BrN2O3S. The van der Waals surface area contributed by atoms with Crippen molar-refractivity contribution in [3.8, 4) is 11.8 Å². The zero-order chi connectivity index (χ0) is 14.1. The summed E-state index contributed by atoms with van der Waals surface area (Å²) in [4.78, 5) is 0. The molecule has 1 saturated carbocycles. The Labute approximate surface area is 120 Å². The Balaban J connectivity index is 2.18. The smallest absolute Gasteiger partial charge is 0.217 e. The van der Waals surface area contributed by atoms with Gasteiger partial charge in [0.1, 0.15) is 11.3 Å². The van der Waals surface area contributed by atoms with Gasteiger partial charge >= 0.3 is 0 Å². The van der Waals surface area contributed by atoms with Crippen molar-refractivity contribution in [1.29, 1.82) is 5.26 Å². The van der Waals surface area contributed by atoms with Crippen LogP contribution in [0.1, 0.15) is 18.4 Å². The minimum Gasteiger partial charge on any atom is -0.497 e.